The second-order valence-corrected chi connectivity index (χ2v) is 5.63. The fourth-order valence-corrected chi connectivity index (χ4v) is 2.61. The summed E-state index contributed by atoms with van der Waals surface area (Å²) in [6.07, 6.45) is -0.632. The van der Waals surface area contributed by atoms with E-state index in [0.717, 1.165) is 5.56 Å². The van der Waals surface area contributed by atoms with Gasteiger partial charge in [0.1, 0.15) is 6.04 Å². The molecule has 2 aromatic carbocycles. The van der Waals surface area contributed by atoms with Crippen LogP contribution in [-0.2, 0) is 25.5 Å². The van der Waals surface area contributed by atoms with E-state index in [0.29, 0.717) is 11.1 Å². The Kier molecular flexibility index (Phi) is 6.89. The average Bonchev–Trinajstić information content (AvgIpc) is 2.68. The predicted molar refractivity (Wildman–Crippen MR) is 95.0 cm³/mol. The number of benzene rings is 2. The number of rotatable bonds is 7. The van der Waals surface area contributed by atoms with Crippen molar-refractivity contribution >= 4 is 11.9 Å². The molecule has 0 bridgehead atoms. The van der Waals surface area contributed by atoms with Gasteiger partial charge < -0.3 is 14.8 Å². The normalized spacial score (nSPS) is 12.5. The summed E-state index contributed by atoms with van der Waals surface area (Å²) < 4.78 is 10.1. The first-order valence-corrected chi connectivity index (χ1v) is 8.04. The van der Waals surface area contributed by atoms with E-state index < -0.39 is 24.0 Å². The Balaban J connectivity index is 2.17. The number of ether oxygens (including phenoxy) is 2. The molecule has 2 rings (SSSR count). The standard InChI is InChI=1S/C20H20N2O4/c1-25-18(16-9-4-3-5-10-16)19(23)22-17(20(24)26-2)12-14-7-6-8-15(11-14)13-21/h3-11,17-18H,12H2,1-2H3,(H,22,23)/t17-,18-/m1/s1. The van der Waals surface area contributed by atoms with Gasteiger partial charge in [-0.3, -0.25) is 4.79 Å². The number of nitrogens with one attached hydrogen (secondary N) is 1. The molecule has 6 heteroatoms. The maximum Gasteiger partial charge on any atom is 0.328 e. The Morgan fingerprint density at radius 2 is 1.85 bits per heavy atom. The van der Waals surface area contributed by atoms with E-state index in [9.17, 15) is 9.59 Å². The van der Waals surface area contributed by atoms with Gasteiger partial charge in [0, 0.05) is 13.5 Å². The number of carbonyl (C=O) groups is 2. The summed E-state index contributed by atoms with van der Waals surface area (Å²) in [6, 6.07) is 17.0. The third-order valence-electron chi connectivity index (χ3n) is 3.87. The second-order valence-electron chi connectivity index (χ2n) is 5.63. The summed E-state index contributed by atoms with van der Waals surface area (Å²) in [6.45, 7) is 0. The summed E-state index contributed by atoms with van der Waals surface area (Å²) in [7, 11) is 2.69. The van der Waals surface area contributed by atoms with Gasteiger partial charge in [-0.1, -0.05) is 42.5 Å². The molecule has 0 heterocycles. The lowest BCUT2D eigenvalue weighted by Crippen LogP contribution is -2.45. The van der Waals surface area contributed by atoms with Crippen molar-refractivity contribution in [3.8, 4) is 6.07 Å². The molecule has 1 N–H and O–H groups in total. The van der Waals surface area contributed by atoms with Gasteiger partial charge in [0.15, 0.2) is 6.10 Å². The molecular weight excluding hydrogens is 332 g/mol. The van der Waals surface area contributed by atoms with Gasteiger partial charge in [-0.25, -0.2) is 4.79 Å². The number of hydrogen-bond donors (Lipinski definition) is 1. The Bertz CT molecular complexity index is 799. The highest BCUT2D eigenvalue weighted by atomic mass is 16.5. The van der Waals surface area contributed by atoms with E-state index in [4.69, 9.17) is 14.7 Å². The predicted octanol–water partition coefficient (Wildman–Crippen LogP) is 2.15. The summed E-state index contributed by atoms with van der Waals surface area (Å²) >= 11 is 0. The zero-order chi connectivity index (χ0) is 18.9. The molecule has 0 radical (unpaired) electrons. The molecule has 26 heavy (non-hydrogen) atoms. The van der Waals surface area contributed by atoms with E-state index in [1.165, 1.54) is 14.2 Å². The number of nitrogens with zero attached hydrogens (tertiary/aromatic N) is 1. The zero-order valence-corrected chi connectivity index (χ0v) is 14.6. The molecule has 0 fully saturated rings. The molecule has 0 aromatic heterocycles. The third-order valence-corrected chi connectivity index (χ3v) is 3.87. The first-order chi connectivity index (χ1) is 12.6. The third kappa shape index (κ3) is 4.91. The summed E-state index contributed by atoms with van der Waals surface area (Å²) in [5.41, 5.74) is 1.91. The number of amides is 1. The topological polar surface area (TPSA) is 88.4 Å². The van der Waals surface area contributed by atoms with E-state index in [1.54, 1.807) is 48.5 Å². The van der Waals surface area contributed by atoms with Crippen molar-refractivity contribution in [1.82, 2.24) is 5.32 Å². The van der Waals surface area contributed by atoms with Crippen LogP contribution in [0.3, 0.4) is 0 Å². The van der Waals surface area contributed by atoms with Crippen molar-refractivity contribution in [2.24, 2.45) is 0 Å². The van der Waals surface area contributed by atoms with Gasteiger partial charge in [0.2, 0.25) is 0 Å². The highest BCUT2D eigenvalue weighted by molar-refractivity contribution is 5.87. The lowest BCUT2D eigenvalue weighted by atomic mass is 10.0. The van der Waals surface area contributed by atoms with Gasteiger partial charge in [0.25, 0.3) is 5.91 Å². The zero-order valence-electron chi connectivity index (χ0n) is 14.6. The SMILES string of the molecule is COC(=O)[C@@H](Cc1cccc(C#N)c1)NC(=O)[C@H](OC)c1ccccc1. The van der Waals surface area contributed by atoms with E-state index >= 15 is 0 Å². The van der Waals surface area contributed by atoms with Crippen molar-refractivity contribution in [2.75, 3.05) is 14.2 Å². The van der Waals surface area contributed by atoms with E-state index in [-0.39, 0.29) is 6.42 Å². The van der Waals surface area contributed by atoms with Crippen molar-refractivity contribution < 1.29 is 19.1 Å². The fraction of sp³-hybridized carbons (Fsp3) is 0.250. The van der Waals surface area contributed by atoms with Crippen molar-refractivity contribution in [3.63, 3.8) is 0 Å². The average molecular weight is 352 g/mol. The highest BCUT2D eigenvalue weighted by Crippen LogP contribution is 2.17. The number of methoxy groups -OCH3 is 2. The number of carbonyl (C=O) groups excluding carboxylic acids is 2. The van der Waals surface area contributed by atoms with Crippen LogP contribution in [0.15, 0.2) is 54.6 Å². The summed E-state index contributed by atoms with van der Waals surface area (Å²) in [5.74, 6) is -1.01. The smallest absolute Gasteiger partial charge is 0.328 e. The van der Waals surface area contributed by atoms with Crippen LogP contribution in [0.1, 0.15) is 22.8 Å². The van der Waals surface area contributed by atoms with Crippen molar-refractivity contribution in [2.45, 2.75) is 18.6 Å². The molecule has 6 nitrogen and oxygen atoms in total. The van der Waals surface area contributed by atoms with Gasteiger partial charge >= 0.3 is 5.97 Å². The van der Waals surface area contributed by atoms with Gasteiger partial charge in [-0.2, -0.15) is 5.26 Å². The minimum Gasteiger partial charge on any atom is -0.467 e. The fourth-order valence-electron chi connectivity index (χ4n) is 2.61. The second kappa shape index (κ2) is 9.35. The quantitative estimate of drug-likeness (QED) is 0.771. The first kappa shape index (κ1) is 19.2. The van der Waals surface area contributed by atoms with Crippen LogP contribution in [0.2, 0.25) is 0 Å². The van der Waals surface area contributed by atoms with Crippen molar-refractivity contribution in [3.05, 3.63) is 71.3 Å². The molecule has 0 unspecified atom stereocenters. The Hall–Kier alpha value is -3.17. The first-order valence-electron chi connectivity index (χ1n) is 8.04. The number of esters is 1. The van der Waals surface area contributed by atoms with Crippen LogP contribution in [-0.4, -0.2) is 32.1 Å². The maximum atomic E-state index is 12.6. The maximum absolute atomic E-state index is 12.6. The van der Waals surface area contributed by atoms with Gasteiger partial charge in [-0.05, 0) is 23.3 Å². The highest BCUT2D eigenvalue weighted by Gasteiger charge is 2.27. The molecule has 0 aliphatic carbocycles. The van der Waals surface area contributed by atoms with Gasteiger partial charge in [0.05, 0.1) is 18.7 Å². The lowest BCUT2D eigenvalue weighted by molar-refractivity contribution is -0.146. The monoisotopic (exact) mass is 352 g/mol. The molecule has 0 saturated carbocycles. The van der Waals surface area contributed by atoms with E-state index in [1.807, 2.05) is 12.1 Å². The molecule has 1 amide bonds. The van der Waals surface area contributed by atoms with Crippen LogP contribution in [0.25, 0.3) is 0 Å². The molecule has 0 aliphatic heterocycles. The van der Waals surface area contributed by atoms with Crippen LogP contribution in [0, 0.1) is 11.3 Å². The molecule has 0 spiro atoms. The molecule has 0 saturated heterocycles. The summed E-state index contributed by atoms with van der Waals surface area (Å²) in [4.78, 5) is 24.7. The molecule has 2 aromatic rings. The minimum atomic E-state index is -0.886. The Morgan fingerprint density at radius 3 is 2.46 bits per heavy atom. The van der Waals surface area contributed by atoms with Crippen LogP contribution >= 0.6 is 0 Å². The largest absolute Gasteiger partial charge is 0.467 e. The van der Waals surface area contributed by atoms with Crippen LogP contribution in [0.4, 0.5) is 0 Å². The molecule has 0 aliphatic rings. The Morgan fingerprint density at radius 1 is 1.12 bits per heavy atom. The Labute approximate surface area is 152 Å². The number of hydrogen-bond acceptors (Lipinski definition) is 5. The molecular formula is C20H20N2O4. The molecule has 2 atom stereocenters. The minimum absolute atomic E-state index is 0.207. The van der Waals surface area contributed by atoms with Crippen molar-refractivity contribution in [1.29, 1.82) is 5.26 Å². The number of nitriles is 1. The lowest BCUT2D eigenvalue weighted by Gasteiger charge is -2.21. The van der Waals surface area contributed by atoms with Crippen LogP contribution in [0.5, 0.6) is 0 Å². The summed E-state index contributed by atoms with van der Waals surface area (Å²) in [5, 5.41) is 11.7. The molecule has 134 valence electrons. The van der Waals surface area contributed by atoms with Gasteiger partial charge in [-0.15, -0.1) is 0 Å². The van der Waals surface area contributed by atoms with E-state index in [2.05, 4.69) is 5.32 Å². The van der Waals surface area contributed by atoms with Crippen LogP contribution < -0.4 is 5.32 Å².